The monoisotopic (exact) mass is 429 g/mol. The van der Waals surface area contributed by atoms with E-state index in [0.717, 1.165) is 22.6 Å². The van der Waals surface area contributed by atoms with E-state index in [1.165, 1.54) is 41.5 Å². The molecule has 164 valence electrons. The molecule has 0 amide bonds. The summed E-state index contributed by atoms with van der Waals surface area (Å²) < 4.78 is 0. The zero-order valence-electron chi connectivity index (χ0n) is 19.6. The van der Waals surface area contributed by atoms with Gasteiger partial charge in [-0.2, -0.15) is 0 Å². The van der Waals surface area contributed by atoms with Crippen LogP contribution >= 0.6 is 0 Å². The molecule has 0 heterocycles. The summed E-state index contributed by atoms with van der Waals surface area (Å²) >= 11 is 0. The third-order valence-corrected chi connectivity index (χ3v) is 7.44. The Kier molecular flexibility index (Phi) is 5.42. The lowest BCUT2D eigenvalue weighted by atomic mass is 9.73. The Morgan fingerprint density at radius 1 is 0.879 bits per heavy atom. The number of allylic oxidation sites excluding steroid dienone is 5. The minimum absolute atomic E-state index is 0.235. The lowest BCUT2D eigenvalue weighted by molar-refractivity contribution is 0.495. The number of fused-ring (bicyclic) bond motifs is 4. The first-order chi connectivity index (χ1) is 16.1. The molecule has 0 N–H and O–H groups in total. The van der Waals surface area contributed by atoms with Gasteiger partial charge < -0.3 is 4.90 Å². The SMILES string of the molecule is C=C/C(=C(\C=C)N(c1ccccc1)c1ccccc1)c1ccc2c(c1)C1(C)CCC(=C2C)C1. The summed E-state index contributed by atoms with van der Waals surface area (Å²) in [5.74, 6) is 0. The van der Waals surface area contributed by atoms with E-state index >= 15 is 0 Å². The van der Waals surface area contributed by atoms with Gasteiger partial charge in [0.1, 0.15) is 0 Å². The van der Waals surface area contributed by atoms with Gasteiger partial charge in [-0.15, -0.1) is 0 Å². The van der Waals surface area contributed by atoms with Gasteiger partial charge in [0.2, 0.25) is 0 Å². The second-order valence-corrected chi connectivity index (χ2v) is 9.44. The number of hydrogen-bond donors (Lipinski definition) is 0. The predicted molar refractivity (Wildman–Crippen MR) is 143 cm³/mol. The van der Waals surface area contributed by atoms with Gasteiger partial charge in [0.15, 0.2) is 0 Å². The minimum atomic E-state index is 0.235. The van der Waals surface area contributed by atoms with Crippen molar-refractivity contribution < 1.29 is 0 Å². The Hall–Kier alpha value is -3.58. The lowest BCUT2D eigenvalue weighted by Gasteiger charge is -2.32. The maximum Gasteiger partial charge on any atom is 0.0533 e. The predicted octanol–water partition coefficient (Wildman–Crippen LogP) is 8.84. The van der Waals surface area contributed by atoms with E-state index in [9.17, 15) is 0 Å². The molecule has 1 nitrogen and oxygen atoms in total. The van der Waals surface area contributed by atoms with E-state index in [4.69, 9.17) is 0 Å². The standard InChI is InChI=1S/C32H31N/c1-5-28(24-17-18-29-23(3)25-19-20-32(4,22-25)30(29)21-24)31(6-2)33(26-13-9-7-10-14-26)27-15-11-8-12-16-27/h5-18,21H,1-2,19-20,22H2,3-4H3/b31-28-. The molecule has 2 aliphatic carbocycles. The maximum atomic E-state index is 4.23. The van der Waals surface area contributed by atoms with Crippen molar-refractivity contribution in [2.24, 2.45) is 0 Å². The van der Waals surface area contributed by atoms with Gasteiger partial charge in [0.05, 0.1) is 5.70 Å². The molecular weight excluding hydrogens is 398 g/mol. The Morgan fingerprint density at radius 3 is 2.09 bits per heavy atom. The molecule has 33 heavy (non-hydrogen) atoms. The molecule has 0 aliphatic heterocycles. The number of anilines is 2. The fourth-order valence-corrected chi connectivity index (χ4v) is 5.63. The normalized spacial score (nSPS) is 19.6. The van der Waals surface area contributed by atoms with Crippen molar-refractivity contribution in [3.05, 3.63) is 132 Å². The number of benzene rings is 3. The van der Waals surface area contributed by atoms with Gasteiger partial charge in [0, 0.05) is 16.9 Å². The van der Waals surface area contributed by atoms with E-state index in [0.29, 0.717) is 0 Å². The number of para-hydroxylation sites is 2. The second kappa shape index (κ2) is 8.41. The fraction of sp³-hybridized carbons (Fsp3) is 0.188. The minimum Gasteiger partial charge on any atom is -0.310 e. The molecule has 1 saturated carbocycles. The van der Waals surface area contributed by atoms with Crippen molar-refractivity contribution in [2.75, 3.05) is 4.90 Å². The molecule has 3 aromatic carbocycles. The van der Waals surface area contributed by atoms with E-state index in [2.05, 4.69) is 98.6 Å². The van der Waals surface area contributed by atoms with Crippen LogP contribution in [-0.2, 0) is 5.41 Å². The summed E-state index contributed by atoms with van der Waals surface area (Å²) in [6.45, 7) is 13.2. The third-order valence-electron chi connectivity index (χ3n) is 7.44. The van der Waals surface area contributed by atoms with E-state index in [1.807, 2.05) is 24.3 Å². The zero-order chi connectivity index (χ0) is 23.0. The third kappa shape index (κ3) is 3.58. The highest BCUT2D eigenvalue weighted by Crippen LogP contribution is 2.52. The molecule has 0 aromatic heterocycles. The Labute approximate surface area is 198 Å². The smallest absolute Gasteiger partial charge is 0.0533 e. The topological polar surface area (TPSA) is 3.24 Å². The van der Waals surface area contributed by atoms with Crippen LogP contribution in [0.1, 0.15) is 49.8 Å². The molecule has 0 spiro atoms. The summed E-state index contributed by atoms with van der Waals surface area (Å²) in [6.07, 6.45) is 7.58. The summed E-state index contributed by atoms with van der Waals surface area (Å²) in [5, 5.41) is 0. The van der Waals surface area contributed by atoms with Crippen molar-refractivity contribution in [3.63, 3.8) is 0 Å². The average molecular weight is 430 g/mol. The molecule has 2 aliphatic rings. The van der Waals surface area contributed by atoms with Crippen LogP contribution < -0.4 is 4.90 Å². The highest BCUT2D eigenvalue weighted by molar-refractivity contribution is 5.87. The summed E-state index contributed by atoms with van der Waals surface area (Å²) in [7, 11) is 0. The van der Waals surface area contributed by atoms with Gasteiger partial charge in [-0.3, -0.25) is 0 Å². The first kappa shape index (κ1) is 21.3. The molecule has 2 bridgehead atoms. The molecule has 1 atom stereocenters. The number of hydrogen-bond acceptors (Lipinski definition) is 1. The quantitative estimate of drug-likeness (QED) is 0.354. The molecule has 3 aromatic rings. The van der Waals surface area contributed by atoms with E-state index in [1.54, 1.807) is 5.57 Å². The zero-order valence-corrected chi connectivity index (χ0v) is 19.6. The highest BCUT2D eigenvalue weighted by Gasteiger charge is 2.39. The molecule has 5 rings (SSSR count). The molecule has 1 heteroatoms. The van der Waals surface area contributed by atoms with Crippen molar-refractivity contribution in [1.29, 1.82) is 0 Å². The number of nitrogens with zero attached hydrogens (tertiary/aromatic N) is 1. The van der Waals surface area contributed by atoms with Crippen LogP contribution in [0.15, 0.2) is 115 Å². The maximum absolute atomic E-state index is 4.23. The fourth-order valence-electron chi connectivity index (χ4n) is 5.63. The van der Waals surface area contributed by atoms with Crippen molar-refractivity contribution in [2.45, 2.75) is 38.5 Å². The average Bonchev–Trinajstić information content (AvgIpc) is 3.23. The highest BCUT2D eigenvalue weighted by atomic mass is 15.1. The van der Waals surface area contributed by atoms with E-state index < -0.39 is 0 Å². The van der Waals surface area contributed by atoms with Gasteiger partial charge in [-0.25, -0.2) is 0 Å². The summed E-state index contributed by atoms with van der Waals surface area (Å²) in [5.41, 5.74) is 11.8. The molecular formula is C32H31N. The van der Waals surface area contributed by atoms with Crippen LogP contribution in [0.25, 0.3) is 11.1 Å². The number of rotatable bonds is 6. The van der Waals surface area contributed by atoms with Crippen LogP contribution in [0.2, 0.25) is 0 Å². The van der Waals surface area contributed by atoms with Gasteiger partial charge in [-0.1, -0.05) is 80.3 Å². The Bertz CT molecular complexity index is 1240. The van der Waals surface area contributed by atoms with Crippen molar-refractivity contribution in [1.82, 2.24) is 0 Å². The van der Waals surface area contributed by atoms with E-state index in [-0.39, 0.29) is 5.41 Å². The van der Waals surface area contributed by atoms with Crippen molar-refractivity contribution in [3.8, 4) is 0 Å². The molecule has 1 unspecified atom stereocenters. The Balaban J connectivity index is 1.71. The van der Waals surface area contributed by atoms with Crippen LogP contribution in [0.5, 0.6) is 0 Å². The van der Waals surface area contributed by atoms with Gasteiger partial charge in [-0.05, 0) is 90.3 Å². The Morgan fingerprint density at radius 2 is 1.52 bits per heavy atom. The van der Waals surface area contributed by atoms with Crippen LogP contribution in [0.4, 0.5) is 11.4 Å². The van der Waals surface area contributed by atoms with Crippen LogP contribution in [0.3, 0.4) is 0 Å². The first-order valence-electron chi connectivity index (χ1n) is 11.8. The van der Waals surface area contributed by atoms with Crippen molar-refractivity contribution >= 4 is 22.5 Å². The molecule has 0 radical (unpaired) electrons. The lowest BCUT2D eigenvalue weighted by Crippen LogP contribution is -2.22. The largest absolute Gasteiger partial charge is 0.310 e. The first-order valence-corrected chi connectivity index (χ1v) is 11.8. The summed E-state index contributed by atoms with van der Waals surface area (Å²) in [4.78, 5) is 2.27. The van der Waals surface area contributed by atoms with Gasteiger partial charge >= 0.3 is 0 Å². The molecule has 0 saturated heterocycles. The van der Waals surface area contributed by atoms with Crippen LogP contribution in [0, 0.1) is 0 Å². The molecule has 1 fully saturated rings. The summed E-state index contributed by atoms with van der Waals surface area (Å²) in [6, 6.07) is 27.9. The second-order valence-electron chi connectivity index (χ2n) is 9.44. The van der Waals surface area contributed by atoms with Gasteiger partial charge in [0.25, 0.3) is 0 Å². The van der Waals surface area contributed by atoms with Crippen LogP contribution in [-0.4, -0.2) is 0 Å².